The van der Waals surface area contributed by atoms with Crippen molar-refractivity contribution in [2.75, 3.05) is 26.1 Å². The second kappa shape index (κ2) is 8.08. The summed E-state index contributed by atoms with van der Waals surface area (Å²) in [7, 11) is 3.23. The molecule has 5 heteroatoms. The Morgan fingerprint density at radius 1 is 1.13 bits per heavy atom. The second-order valence-corrected chi connectivity index (χ2v) is 5.20. The molecule has 0 aliphatic heterocycles. The van der Waals surface area contributed by atoms with Gasteiger partial charge in [-0.1, -0.05) is 29.8 Å². The van der Waals surface area contributed by atoms with Gasteiger partial charge in [0.1, 0.15) is 11.5 Å². The number of nitrogens with one attached hydrogen (secondary N) is 1. The Labute approximate surface area is 137 Å². The van der Waals surface area contributed by atoms with Crippen LogP contribution in [0.1, 0.15) is 11.1 Å². The third-order valence-corrected chi connectivity index (χ3v) is 3.43. The lowest BCUT2D eigenvalue weighted by atomic mass is 10.1. The fourth-order valence-corrected chi connectivity index (χ4v) is 2.26. The van der Waals surface area contributed by atoms with Gasteiger partial charge in [0, 0.05) is 12.6 Å². The van der Waals surface area contributed by atoms with Crippen LogP contribution in [0.15, 0.2) is 47.5 Å². The maximum atomic E-state index is 5.96. The number of aliphatic imine (C=N–C) groups is 1. The summed E-state index contributed by atoms with van der Waals surface area (Å²) in [6.45, 7) is 2.70. The molecule has 2 rings (SSSR count). The van der Waals surface area contributed by atoms with E-state index in [-0.39, 0.29) is 0 Å². The molecule has 0 spiro atoms. The van der Waals surface area contributed by atoms with E-state index in [0.717, 1.165) is 17.9 Å². The van der Waals surface area contributed by atoms with Crippen LogP contribution in [0.4, 0.5) is 5.69 Å². The third kappa shape index (κ3) is 4.92. The summed E-state index contributed by atoms with van der Waals surface area (Å²) in [4.78, 5) is 4.36. The van der Waals surface area contributed by atoms with Crippen LogP contribution >= 0.6 is 0 Å². The summed E-state index contributed by atoms with van der Waals surface area (Å²) in [5.41, 5.74) is 9.18. The van der Waals surface area contributed by atoms with E-state index in [1.165, 1.54) is 11.1 Å². The molecule has 0 atom stereocenters. The fraction of sp³-hybridized carbons (Fsp3) is 0.278. The lowest BCUT2D eigenvalue weighted by molar-refractivity contribution is 0.405. The molecular weight excluding hydrogens is 290 g/mol. The SMILES string of the molecule is COc1ccc(OC)c(NC(N)=NCCc2cccc(C)c2)c1. The van der Waals surface area contributed by atoms with E-state index in [2.05, 4.69) is 41.5 Å². The standard InChI is InChI=1S/C18H23N3O2/c1-13-5-4-6-14(11-13)9-10-20-18(19)21-16-12-15(22-2)7-8-17(16)23-3/h4-8,11-12H,9-10H2,1-3H3,(H3,19,20,21). The van der Waals surface area contributed by atoms with E-state index in [0.29, 0.717) is 18.3 Å². The summed E-state index contributed by atoms with van der Waals surface area (Å²) >= 11 is 0. The predicted octanol–water partition coefficient (Wildman–Crippen LogP) is 2.98. The second-order valence-electron chi connectivity index (χ2n) is 5.20. The molecule has 2 aromatic rings. The van der Waals surface area contributed by atoms with Gasteiger partial charge < -0.3 is 20.5 Å². The van der Waals surface area contributed by atoms with Crippen LogP contribution in [0.25, 0.3) is 0 Å². The Balaban J connectivity index is 1.99. The zero-order chi connectivity index (χ0) is 16.7. The van der Waals surface area contributed by atoms with Crippen molar-refractivity contribution in [2.45, 2.75) is 13.3 Å². The van der Waals surface area contributed by atoms with Gasteiger partial charge in [0.15, 0.2) is 5.96 Å². The first-order valence-corrected chi connectivity index (χ1v) is 7.47. The van der Waals surface area contributed by atoms with Gasteiger partial charge in [-0.05, 0) is 31.0 Å². The number of hydrogen-bond donors (Lipinski definition) is 2. The van der Waals surface area contributed by atoms with Gasteiger partial charge in [0.05, 0.1) is 19.9 Å². The molecule has 0 aromatic heterocycles. The Morgan fingerprint density at radius 2 is 1.96 bits per heavy atom. The first kappa shape index (κ1) is 16.7. The molecule has 0 saturated heterocycles. The summed E-state index contributed by atoms with van der Waals surface area (Å²) in [5.74, 6) is 1.76. The van der Waals surface area contributed by atoms with Crippen LogP contribution in [-0.4, -0.2) is 26.7 Å². The minimum atomic E-state index is 0.351. The van der Waals surface area contributed by atoms with E-state index in [4.69, 9.17) is 15.2 Å². The zero-order valence-electron chi connectivity index (χ0n) is 13.8. The molecule has 0 fully saturated rings. The number of ether oxygens (including phenoxy) is 2. The maximum absolute atomic E-state index is 5.96. The van der Waals surface area contributed by atoms with Crippen molar-refractivity contribution in [2.24, 2.45) is 10.7 Å². The van der Waals surface area contributed by atoms with Gasteiger partial charge in [-0.2, -0.15) is 0 Å². The monoisotopic (exact) mass is 313 g/mol. The lowest BCUT2D eigenvalue weighted by Gasteiger charge is -2.12. The van der Waals surface area contributed by atoms with Crippen molar-refractivity contribution in [3.63, 3.8) is 0 Å². The Bertz CT molecular complexity index is 684. The minimum Gasteiger partial charge on any atom is -0.497 e. The lowest BCUT2D eigenvalue weighted by Crippen LogP contribution is -2.23. The molecule has 0 aliphatic carbocycles. The number of hydrogen-bond acceptors (Lipinski definition) is 3. The third-order valence-electron chi connectivity index (χ3n) is 3.43. The van der Waals surface area contributed by atoms with E-state index < -0.39 is 0 Å². The van der Waals surface area contributed by atoms with Gasteiger partial charge in [-0.25, -0.2) is 0 Å². The largest absolute Gasteiger partial charge is 0.497 e. The van der Waals surface area contributed by atoms with Crippen LogP contribution < -0.4 is 20.5 Å². The number of guanidine groups is 1. The molecule has 0 unspecified atom stereocenters. The number of nitrogens with two attached hydrogens (primary N) is 1. The minimum absolute atomic E-state index is 0.351. The van der Waals surface area contributed by atoms with Gasteiger partial charge in [0.25, 0.3) is 0 Å². The maximum Gasteiger partial charge on any atom is 0.193 e. The van der Waals surface area contributed by atoms with Crippen LogP contribution in [0.5, 0.6) is 11.5 Å². The van der Waals surface area contributed by atoms with Crippen molar-refractivity contribution in [1.29, 1.82) is 0 Å². The van der Waals surface area contributed by atoms with Crippen LogP contribution in [0.2, 0.25) is 0 Å². The number of anilines is 1. The van der Waals surface area contributed by atoms with E-state index >= 15 is 0 Å². The van der Waals surface area contributed by atoms with E-state index in [1.54, 1.807) is 14.2 Å². The first-order chi connectivity index (χ1) is 11.1. The average Bonchev–Trinajstić information content (AvgIpc) is 2.55. The summed E-state index contributed by atoms with van der Waals surface area (Å²) in [6, 6.07) is 13.9. The smallest absolute Gasteiger partial charge is 0.193 e. The molecule has 0 aliphatic rings. The summed E-state index contributed by atoms with van der Waals surface area (Å²) in [6.07, 6.45) is 0.847. The van der Waals surface area contributed by atoms with E-state index in [1.807, 2.05) is 18.2 Å². The molecule has 23 heavy (non-hydrogen) atoms. The normalized spacial score (nSPS) is 11.2. The highest BCUT2D eigenvalue weighted by Gasteiger charge is 2.06. The molecule has 0 radical (unpaired) electrons. The number of rotatable bonds is 6. The number of methoxy groups -OCH3 is 2. The first-order valence-electron chi connectivity index (χ1n) is 7.47. The van der Waals surface area contributed by atoms with Crippen molar-refractivity contribution >= 4 is 11.6 Å². The van der Waals surface area contributed by atoms with E-state index in [9.17, 15) is 0 Å². The highest BCUT2D eigenvalue weighted by atomic mass is 16.5. The number of benzene rings is 2. The molecule has 0 saturated carbocycles. The summed E-state index contributed by atoms with van der Waals surface area (Å²) in [5, 5.41) is 3.06. The summed E-state index contributed by atoms with van der Waals surface area (Å²) < 4.78 is 10.5. The average molecular weight is 313 g/mol. The molecule has 5 nitrogen and oxygen atoms in total. The van der Waals surface area contributed by atoms with Crippen molar-refractivity contribution in [3.05, 3.63) is 53.6 Å². The van der Waals surface area contributed by atoms with Gasteiger partial charge in [0.2, 0.25) is 0 Å². The van der Waals surface area contributed by atoms with Crippen molar-refractivity contribution < 1.29 is 9.47 Å². The topological polar surface area (TPSA) is 68.9 Å². The molecule has 0 amide bonds. The molecule has 0 bridgehead atoms. The number of nitrogens with zero attached hydrogens (tertiary/aromatic N) is 1. The van der Waals surface area contributed by atoms with Crippen LogP contribution in [0, 0.1) is 6.92 Å². The van der Waals surface area contributed by atoms with Crippen molar-refractivity contribution in [1.82, 2.24) is 0 Å². The van der Waals surface area contributed by atoms with Gasteiger partial charge in [-0.15, -0.1) is 0 Å². The highest BCUT2D eigenvalue weighted by molar-refractivity contribution is 5.94. The predicted molar refractivity (Wildman–Crippen MR) is 94.5 cm³/mol. The Kier molecular flexibility index (Phi) is 5.86. The number of aryl methyl sites for hydroxylation is 1. The quantitative estimate of drug-likeness (QED) is 0.635. The zero-order valence-corrected chi connectivity index (χ0v) is 13.8. The Hall–Kier alpha value is -2.69. The molecule has 2 aromatic carbocycles. The van der Waals surface area contributed by atoms with Crippen molar-refractivity contribution in [3.8, 4) is 11.5 Å². The fourth-order valence-electron chi connectivity index (χ4n) is 2.26. The van der Waals surface area contributed by atoms with Gasteiger partial charge in [-0.3, -0.25) is 4.99 Å². The van der Waals surface area contributed by atoms with Crippen LogP contribution in [0.3, 0.4) is 0 Å². The highest BCUT2D eigenvalue weighted by Crippen LogP contribution is 2.28. The molecular formula is C18H23N3O2. The Morgan fingerprint density at radius 3 is 2.65 bits per heavy atom. The molecule has 3 N–H and O–H groups in total. The molecule has 0 heterocycles. The van der Waals surface area contributed by atoms with Crippen LogP contribution in [-0.2, 0) is 6.42 Å². The molecule has 122 valence electrons. The van der Waals surface area contributed by atoms with Gasteiger partial charge >= 0.3 is 0 Å².